The molecular weight excluding hydrogens is 407 g/mol. The standard InChI is InChI=1S/C23H20F3N3O2/c24-23(25,26)18-8-2-1-6-16(18)14-17-7-5-10-19(28-17)21-15-29(12-13-31-21)22(30)20-9-3-4-11-27-20/h1-11,21H,12-15H2. The quantitative estimate of drug-likeness (QED) is 0.623. The second-order valence-electron chi connectivity index (χ2n) is 7.21. The summed E-state index contributed by atoms with van der Waals surface area (Å²) in [4.78, 5) is 23.0. The minimum atomic E-state index is -4.42. The van der Waals surface area contributed by atoms with Crippen LogP contribution in [0.25, 0.3) is 0 Å². The first-order chi connectivity index (χ1) is 14.9. The van der Waals surface area contributed by atoms with Crippen molar-refractivity contribution in [2.45, 2.75) is 18.7 Å². The first-order valence-corrected chi connectivity index (χ1v) is 9.84. The van der Waals surface area contributed by atoms with Crippen LogP contribution in [0, 0.1) is 0 Å². The number of aromatic nitrogens is 2. The predicted octanol–water partition coefficient (Wildman–Crippen LogP) is 4.30. The van der Waals surface area contributed by atoms with Crippen molar-refractivity contribution in [1.82, 2.24) is 14.9 Å². The summed E-state index contributed by atoms with van der Waals surface area (Å²) in [7, 11) is 0. The zero-order valence-corrected chi connectivity index (χ0v) is 16.5. The van der Waals surface area contributed by atoms with E-state index in [0.717, 1.165) is 6.07 Å². The number of ether oxygens (including phenoxy) is 1. The van der Waals surface area contributed by atoms with Crippen molar-refractivity contribution in [3.05, 3.63) is 95.1 Å². The molecule has 0 saturated carbocycles. The fourth-order valence-electron chi connectivity index (χ4n) is 3.59. The Labute approximate surface area is 177 Å². The zero-order chi connectivity index (χ0) is 21.8. The molecule has 8 heteroatoms. The van der Waals surface area contributed by atoms with Gasteiger partial charge in [-0.2, -0.15) is 13.2 Å². The van der Waals surface area contributed by atoms with Crippen molar-refractivity contribution in [3.8, 4) is 0 Å². The smallest absolute Gasteiger partial charge is 0.368 e. The first-order valence-electron chi connectivity index (χ1n) is 9.84. The molecule has 0 bridgehead atoms. The molecular formula is C23H20F3N3O2. The number of rotatable bonds is 4. The van der Waals surface area contributed by atoms with Crippen molar-refractivity contribution >= 4 is 5.91 Å². The average Bonchev–Trinajstić information content (AvgIpc) is 2.79. The highest BCUT2D eigenvalue weighted by Gasteiger charge is 2.33. The van der Waals surface area contributed by atoms with E-state index in [1.165, 1.54) is 12.1 Å². The Morgan fingerprint density at radius 1 is 1.06 bits per heavy atom. The number of hydrogen-bond donors (Lipinski definition) is 0. The molecule has 0 radical (unpaired) electrons. The van der Waals surface area contributed by atoms with Gasteiger partial charge in [-0.15, -0.1) is 0 Å². The highest BCUT2D eigenvalue weighted by atomic mass is 19.4. The van der Waals surface area contributed by atoms with Gasteiger partial charge in [0.2, 0.25) is 0 Å². The maximum absolute atomic E-state index is 13.3. The zero-order valence-electron chi connectivity index (χ0n) is 16.5. The molecule has 31 heavy (non-hydrogen) atoms. The van der Waals surface area contributed by atoms with E-state index in [2.05, 4.69) is 9.97 Å². The van der Waals surface area contributed by atoms with Gasteiger partial charge in [-0.05, 0) is 35.9 Å². The minimum absolute atomic E-state index is 0.0484. The van der Waals surface area contributed by atoms with Crippen LogP contribution >= 0.6 is 0 Å². The summed E-state index contributed by atoms with van der Waals surface area (Å²) in [5.74, 6) is -0.191. The summed E-state index contributed by atoms with van der Waals surface area (Å²) in [6.07, 6.45) is -3.27. The molecule has 1 aromatic carbocycles. The van der Waals surface area contributed by atoms with E-state index in [9.17, 15) is 18.0 Å². The van der Waals surface area contributed by atoms with Gasteiger partial charge in [0, 0.05) is 24.9 Å². The van der Waals surface area contributed by atoms with E-state index in [-0.39, 0.29) is 17.9 Å². The fraction of sp³-hybridized carbons (Fsp3) is 0.261. The molecule has 1 aliphatic rings. The summed E-state index contributed by atoms with van der Waals surface area (Å²) in [5.41, 5.74) is 0.944. The molecule has 1 atom stereocenters. The Bertz CT molecular complexity index is 1060. The van der Waals surface area contributed by atoms with Gasteiger partial charge in [0.1, 0.15) is 11.8 Å². The Morgan fingerprint density at radius 3 is 2.65 bits per heavy atom. The van der Waals surface area contributed by atoms with Gasteiger partial charge in [-0.3, -0.25) is 14.8 Å². The van der Waals surface area contributed by atoms with E-state index in [1.807, 2.05) is 0 Å². The number of carbonyl (C=O) groups excluding carboxylic acids is 1. The molecule has 3 heterocycles. The second kappa shape index (κ2) is 8.85. The second-order valence-corrected chi connectivity index (χ2v) is 7.21. The van der Waals surface area contributed by atoms with Crippen molar-refractivity contribution in [2.75, 3.05) is 19.7 Å². The molecule has 2 aromatic heterocycles. The highest BCUT2D eigenvalue weighted by molar-refractivity contribution is 5.92. The Morgan fingerprint density at radius 2 is 1.87 bits per heavy atom. The van der Waals surface area contributed by atoms with Crippen LogP contribution in [0.5, 0.6) is 0 Å². The number of morpholine rings is 1. The molecule has 160 valence electrons. The molecule has 1 fully saturated rings. The van der Waals surface area contributed by atoms with Crippen LogP contribution in [0.4, 0.5) is 13.2 Å². The molecule has 5 nitrogen and oxygen atoms in total. The van der Waals surface area contributed by atoms with E-state index in [0.29, 0.717) is 36.8 Å². The molecule has 0 N–H and O–H groups in total. The van der Waals surface area contributed by atoms with Crippen molar-refractivity contribution in [2.24, 2.45) is 0 Å². The van der Waals surface area contributed by atoms with E-state index in [1.54, 1.807) is 53.6 Å². The predicted molar refractivity (Wildman–Crippen MR) is 107 cm³/mol. The van der Waals surface area contributed by atoms with Crippen LogP contribution in [0.1, 0.15) is 39.1 Å². The molecule has 4 rings (SSSR count). The molecule has 1 amide bonds. The highest BCUT2D eigenvalue weighted by Crippen LogP contribution is 2.33. The number of hydrogen-bond acceptors (Lipinski definition) is 4. The lowest BCUT2D eigenvalue weighted by Gasteiger charge is -2.32. The summed E-state index contributed by atoms with van der Waals surface area (Å²) >= 11 is 0. The third-order valence-electron chi connectivity index (χ3n) is 5.09. The van der Waals surface area contributed by atoms with Gasteiger partial charge >= 0.3 is 6.18 Å². The van der Waals surface area contributed by atoms with Gasteiger partial charge in [0.05, 0.1) is 24.4 Å². The summed E-state index contributed by atoms with van der Waals surface area (Å²) in [6.45, 7) is 1.07. The third kappa shape index (κ3) is 4.91. The van der Waals surface area contributed by atoms with Gasteiger partial charge in [0.25, 0.3) is 5.91 Å². The van der Waals surface area contributed by atoms with Gasteiger partial charge < -0.3 is 9.64 Å². The van der Waals surface area contributed by atoms with Crippen LogP contribution in [0.15, 0.2) is 66.9 Å². The van der Waals surface area contributed by atoms with Crippen LogP contribution in [-0.4, -0.2) is 40.5 Å². The van der Waals surface area contributed by atoms with Gasteiger partial charge in [-0.25, -0.2) is 0 Å². The molecule has 3 aromatic rings. The number of halogens is 3. The van der Waals surface area contributed by atoms with Crippen LogP contribution in [0.2, 0.25) is 0 Å². The maximum Gasteiger partial charge on any atom is 0.416 e. The first kappa shape index (κ1) is 21.0. The van der Waals surface area contributed by atoms with Crippen molar-refractivity contribution in [1.29, 1.82) is 0 Å². The van der Waals surface area contributed by atoms with E-state index < -0.39 is 17.8 Å². The van der Waals surface area contributed by atoms with Gasteiger partial charge in [0.15, 0.2) is 0 Å². The van der Waals surface area contributed by atoms with E-state index >= 15 is 0 Å². The van der Waals surface area contributed by atoms with Gasteiger partial charge in [-0.1, -0.05) is 30.3 Å². The molecule has 1 saturated heterocycles. The fourth-order valence-corrected chi connectivity index (χ4v) is 3.59. The lowest BCUT2D eigenvalue weighted by molar-refractivity contribution is -0.138. The minimum Gasteiger partial charge on any atom is -0.368 e. The SMILES string of the molecule is O=C(c1ccccn1)N1CCOC(c2cccc(Cc3ccccc3C(F)(F)F)n2)C1. The largest absolute Gasteiger partial charge is 0.416 e. The summed E-state index contributed by atoms with van der Waals surface area (Å²) in [6, 6.07) is 15.8. The normalized spacial score (nSPS) is 16.9. The number of amides is 1. The summed E-state index contributed by atoms with van der Waals surface area (Å²) in [5, 5.41) is 0. The molecule has 0 spiro atoms. The number of pyridine rings is 2. The van der Waals surface area contributed by atoms with Crippen LogP contribution in [0.3, 0.4) is 0 Å². The topological polar surface area (TPSA) is 55.3 Å². The molecule has 0 aliphatic carbocycles. The average molecular weight is 427 g/mol. The lowest BCUT2D eigenvalue weighted by Crippen LogP contribution is -2.42. The number of nitrogens with zero attached hydrogens (tertiary/aromatic N) is 3. The summed E-state index contributed by atoms with van der Waals surface area (Å²) < 4.78 is 45.7. The number of benzene rings is 1. The Hall–Kier alpha value is -3.26. The maximum atomic E-state index is 13.3. The Balaban J connectivity index is 1.52. The van der Waals surface area contributed by atoms with E-state index in [4.69, 9.17) is 4.74 Å². The number of carbonyl (C=O) groups is 1. The van der Waals surface area contributed by atoms with Crippen molar-refractivity contribution < 1.29 is 22.7 Å². The molecule has 1 unspecified atom stereocenters. The van der Waals surface area contributed by atoms with Crippen molar-refractivity contribution in [3.63, 3.8) is 0 Å². The number of alkyl halides is 3. The monoisotopic (exact) mass is 427 g/mol. The van der Waals surface area contributed by atoms with Crippen LogP contribution in [-0.2, 0) is 17.3 Å². The van der Waals surface area contributed by atoms with Crippen LogP contribution < -0.4 is 0 Å². The Kier molecular flexibility index (Phi) is 5.99. The third-order valence-corrected chi connectivity index (χ3v) is 5.09. The lowest BCUT2D eigenvalue weighted by atomic mass is 10.0. The molecule has 1 aliphatic heterocycles.